The number of pyridine rings is 1. The number of hydrogen-bond donors (Lipinski definition) is 0. The molecule has 0 atom stereocenters. The summed E-state index contributed by atoms with van der Waals surface area (Å²) in [7, 11) is 0. The maximum Gasteiger partial charge on any atom is 0.341 e. The molecule has 0 unspecified atom stereocenters. The normalized spacial score (nSPS) is 13.9. The Labute approximate surface area is 216 Å². The number of benzene rings is 2. The Kier molecular flexibility index (Phi) is 7.67. The largest absolute Gasteiger partial charge is 0.439 e. The van der Waals surface area contributed by atoms with Gasteiger partial charge in [0, 0.05) is 54.9 Å². The predicted molar refractivity (Wildman–Crippen MR) is 148 cm³/mol. The van der Waals surface area contributed by atoms with Gasteiger partial charge in [0.25, 0.3) is 0 Å². The van der Waals surface area contributed by atoms with E-state index >= 15 is 0 Å². The lowest BCUT2D eigenvalue weighted by Crippen LogP contribution is -2.33. The molecule has 1 aliphatic heterocycles. The molecular formula is C31H39N3O2. The topological polar surface area (TPSA) is 45.7 Å². The van der Waals surface area contributed by atoms with Gasteiger partial charge in [-0.1, -0.05) is 26.0 Å². The molecule has 36 heavy (non-hydrogen) atoms. The molecule has 0 fully saturated rings. The summed E-state index contributed by atoms with van der Waals surface area (Å²) in [6, 6.07) is 16.8. The van der Waals surface area contributed by atoms with Gasteiger partial charge in [0.15, 0.2) is 0 Å². The van der Waals surface area contributed by atoms with E-state index in [1.54, 1.807) is 6.20 Å². The minimum absolute atomic E-state index is 0.317. The van der Waals surface area contributed by atoms with Gasteiger partial charge in [-0.3, -0.25) is 4.98 Å². The third-order valence-corrected chi connectivity index (χ3v) is 7.56. The van der Waals surface area contributed by atoms with E-state index < -0.39 is 5.60 Å². The molecule has 0 saturated carbocycles. The number of aromatic nitrogens is 1. The van der Waals surface area contributed by atoms with Crippen molar-refractivity contribution in [2.45, 2.75) is 60.0 Å². The van der Waals surface area contributed by atoms with Gasteiger partial charge in [0.2, 0.25) is 5.60 Å². The van der Waals surface area contributed by atoms with Crippen molar-refractivity contribution in [3.05, 3.63) is 88.2 Å². The average Bonchev–Trinajstić information content (AvgIpc) is 3.22. The number of esters is 1. The van der Waals surface area contributed by atoms with E-state index in [0.717, 1.165) is 50.1 Å². The van der Waals surface area contributed by atoms with Crippen molar-refractivity contribution >= 4 is 17.3 Å². The molecule has 0 saturated heterocycles. The number of fused-ring (bicyclic) bond motifs is 1. The van der Waals surface area contributed by atoms with Gasteiger partial charge < -0.3 is 14.5 Å². The fourth-order valence-electron chi connectivity index (χ4n) is 5.61. The Morgan fingerprint density at radius 2 is 1.25 bits per heavy atom. The van der Waals surface area contributed by atoms with E-state index in [0.29, 0.717) is 11.3 Å². The first-order valence-corrected chi connectivity index (χ1v) is 13.4. The van der Waals surface area contributed by atoms with Crippen LogP contribution in [0, 0.1) is 0 Å². The molecule has 190 valence electrons. The summed E-state index contributed by atoms with van der Waals surface area (Å²) in [5.74, 6) is -0.317. The highest BCUT2D eigenvalue weighted by Crippen LogP contribution is 2.49. The molecule has 0 spiro atoms. The third-order valence-electron chi connectivity index (χ3n) is 7.56. The molecule has 0 amide bonds. The lowest BCUT2D eigenvalue weighted by atomic mass is 9.77. The Balaban J connectivity index is 2.02. The molecule has 3 aromatic rings. The van der Waals surface area contributed by atoms with Crippen molar-refractivity contribution in [1.29, 1.82) is 0 Å². The van der Waals surface area contributed by atoms with Crippen molar-refractivity contribution in [2.75, 3.05) is 36.0 Å². The van der Waals surface area contributed by atoms with Crippen LogP contribution in [0.3, 0.4) is 0 Å². The van der Waals surface area contributed by atoms with Crippen LogP contribution in [0.1, 0.15) is 79.8 Å². The van der Waals surface area contributed by atoms with E-state index in [9.17, 15) is 4.79 Å². The van der Waals surface area contributed by atoms with Gasteiger partial charge >= 0.3 is 5.97 Å². The van der Waals surface area contributed by atoms with Crippen LogP contribution in [-0.2, 0) is 23.2 Å². The molecule has 1 aliphatic rings. The molecule has 4 rings (SSSR count). The molecule has 0 N–H and O–H groups in total. The Morgan fingerprint density at radius 3 is 1.69 bits per heavy atom. The molecule has 0 bridgehead atoms. The Bertz CT molecular complexity index is 1160. The highest BCUT2D eigenvalue weighted by atomic mass is 16.6. The zero-order chi connectivity index (χ0) is 25.9. The number of rotatable bonds is 10. The average molecular weight is 486 g/mol. The van der Waals surface area contributed by atoms with Gasteiger partial charge in [0.1, 0.15) is 5.69 Å². The zero-order valence-electron chi connectivity index (χ0n) is 22.6. The second kappa shape index (κ2) is 10.7. The second-order valence-corrected chi connectivity index (χ2v) is 9.20. The van der Waals surface area contributed by atoms with Crippen LogP contribution in [0.5, 0.6) is 0 Å². The molecule has 0 aliphatic carbocycles. The van der Waals surface area contributed by atoms with E-state index in [-0.39, 0.29) is 5.97 Å². The van der Waals surface area contributed by atoms with Crippen molar-refractivity contribution in [3.8, 4) is 0 Å². The SMILES string of the molecule is CCc1cc(N(CC)CC)ccc1C1(c2ccc(N(CC)CC)cc2CC)OC(=O)c2cccnc21. The highest BCUT2D eigenvalue weighted by Gasteiger charge is 2.51. The lowest BCUT2D eigenvalue weighted by molar-refractivity contribution is 0.0238. The first-order chi connectivity index (χ1) is 17.5. The Morgan fingerprint density at radius 1 is 0.750 bits per heavy atom. The number of carbonyl (C=O) groups is 1. The minimum atomic E-state index is -1.08. The number of aryl methyl sites for hydroxylation is 2. The van der Waals surface area contributed by atoms with Gasteiger partial charge in [0.05, 0.1) is 5.56 Å². The second-order valence-electron chi connectivity index (χ2n) is 9.20. The minimum Gasteiger partial charge on any atom is -0.439 e. The first kappa shape index (κ1) is 25.7. The number of carbonyl (C=O) groups excluding carboxylic acids is 1. The molecule has 5 heteroatoms. The van der Waals surface area contributed by atoms with Crippen LogP contribution in [-0.4, -0.2) is 37.1 Å². The first-order valence-electron chi connectivity index (χ1n) is 13.4. The van der Waals surface area contributed by atoms with Crippen LogP contribution in [0.15, 0.2) is 54.7 Å². The molecule has 1 aromatic heterocycles. The molecular weight excluding hydrogens is 446 g/mol. The van der Waals surface area contributed by atoms with Crippen LogP contribution >= 0.6 is 0 Å². The van der Waals surface area contributed by atoms with Gasteiger partial charge in [-0.05, 0) is 88.1 Å². The molecule has 0 radical (unpaired) electrons. The van der Waals surface area contributed by atoms with Crippen molar-refractivity contribution in [2.24, 2.45) is 0 Å². The summed E-state index contributed by atoms with van der Waals surface area (Å²) in [6.45, 7) is 16.8. The summed E-state index contributed by atoms with van der Waals surface area (Å²) in [6.07, 6.45) is 3.41. The predicted octanol–water partition coefficient (Wildman–Crippen LogP) is 6.36. The quantitative estimate of drug-likeness (QED) is 0.313. The standard InChI is InChI=1S/C31H39N3O2/c1-7-22-20-24(33(9-3)10-4)15-17-27(22)31(29-26(30(35)36-31)14-13-19-32-29)28-18-16-25(21-23(28)8-2)34(11-5)12-6/h13-21H,7-12H2,1-6H3. The van der Waals surface area contributed by atoms with Crippen LogP contribution in [0.4, 0.5) is 11.4 Å². The molecule has 2 aromatic carbocycles. The maximum absolute atomic E-state index is 13.3. The Hall–Kier alpha value is -3.34. The number of ether oxygens (including phenoxy) is 1. The van der Waals surface area contributed by atoms with E-state index in [2.05, 4.69) is 87.7 Å². The van der Waals surface area contributed by atoms with E-state index in [1.807, 2.05) is 12.1 Å². The maximum atomic E-state index is 13.3. The van der Waals surface area contributed by atoms with Gasteiger partial charge in [-0.25, -0.2) is 4.79 Å². The van der Waals surface area contributed by atoms with Crippen LogP contribution < -0.4 is 9.80 Å². The van der Waals surface area contributed by atoms with Crippen molar-refractivity contribution in [1.82, 2.24) is 4.98 Å². The van der Waals surface area contributed by atoms with Crippen LogP contribution in [0.25, 0.3) is 0 Å². The van der Waals surface area contributed by atoms with Gasteiger partial charge in [-0.2, -0.15) is 0 Å². The number of nitrogens with zero attached hydrogens (tertiary/aromatic N) is 3. The smallest absolute Gasteiger partial charge is 0.341 e. The zero-order valence-corrected chi connectivity index (χ0v) is 22.6. The molecule has 5 nitrogen and oxygen atoms in total. The summed E-state index contributed by atoms with van der Waals surface area (Å²) < 4.78 is 6.45. The van der Waals surface area contributed by atoms with Crippen molar-refractivity contribution < 1.29 is 9.53 Å². The number of hydrogen-bond acceptors (Lipinski definition) is 5. The monoisotopic (exact) mass is 485 g/mol. The number of anilines is 2. The summed E-state index contributed by atoms with van der Waals surface area (Å²) in [5, 5.41) is 0. The fourth-order valence-corrected chi connectivity index (χ4v) is 5.61. The summed E-state index contributed by atoms with van der Waals surface area (Å²) in [4.78, 5) is 22.8. The van der Waals surface area contributed by atoms with E-state index in [4.69, 9.17) is 9.72 Å². The lowest BCUT2D eigenvalue weighted by Gasteiger charge is -2.34. The van der Waals surface area contributed by atoms with Crippen molar-refractivity contribution in [3.63, 3.8) is 0 Å². The summed E-state index contributed by atoms with van der Waals surface area (Å²) >= 11 is 0. The fraction of sp³-hybridized carbons (Fsp3) is 0.419. The van der Waals surface area contributed by atoms with Crippen LogP contribution in [0.2, 0.25) is 0 Å². The number of cyclic esters (lactones) is 1. The molecule has 2 heterocycles. The highest BCUT2D eigenvalue weighted by molar-refractivity contribution is 5.95. The van der Waals surface area contributed by atoms with Gasteiger partial charge in [-0.15, -0.1) is 0 Å². The van der Waals surface area contributed by atoms with E-state index in [1.165, 1.54) is 22.5 Å². The third kappa shape index (κ3) is 4.15. The summed E-state index contributed by atoms with van der Waals surface area (Å²) in [5.41, 5.74) is 6.86.